The molecule has 1 N–H and O–H groups in total. The van der Waals surface area contributed by atoms with Gasteiger partial charge in [-0.15, -0.1) is 0 Å². The maximum absolute atomic E-state index is 5.84. The number of aryl methyl sites for hydroxylation is 1. The lowest BCUT2D eigenvalue weighted by Gasteiger charge is -2.53. The number of ether oxygens (including phenoxy) is 1. The Labute approximate surface area is 133 Å². The van der Waals surface area contributed by atoms with Crippen LogP contribution in [0.1, 0.15) is 77.5 Å². The third kappa shape index (κ3) is 2.69. The summed E-state index contributed by atoms with van der Waals surface area (Å²) >= 11 is 0. The molecule has 22 heavy (non-hydrogen) atoms. The van der Waals surface area contributed by atoms with Crippen molar-refractivity contribution < 1.29 is 4.74 Å². The molecule has 3 rings (SSSR count). The second-order valence-corrected chi connectivity index (χ2v) is 7.62. The van der Waals surface area contributed by atoms with Gasteiger partial charge in [-0.1, -0.05) is 27.7 Å². The van der Waals surface area contributed by atoms with Crippen molar-refractivity contribution in [1.82, 2.24) is 20.1 Å². The smallest absolute Gasteiger partial charge is 0.153 e. The Kier molecular flexibility index (Phi) is 4.29. The van der Waals surface area contributed by atoms with Crippen molar-refractivity contribution >= 4 is 0 Å². The van der Waals surface area contributed by atoms with Gasteiger partial charge in [0, 0.05) is 30.5 Å². The van der Waals surface area contributed by atoms with Crippen LogP contribution < -0.4 is 5.32 Å². The van der Waals surface area contributed by atoms with Gasteiger partial charge in [0.05, 0.1) is 12.1 Å². The van der Waals surface area contributed by atoms with E-state index in [2.05, 4.69) is 49.7 Å². The summed E-state index contributed by atoms with van der Waals surface area (Å²) in [5.41, 5.74) is 0.194. The number of hydrogen-bond acceptors (Lipinski definition) is 4. The Morgan fingerprint density at radius 3 is 2.82 bits per heavy atom. The molecule has 1 saturated carbocycles. The maximum Gasteiger partial charge on any atom is 0.153 e. The number of aromatic nitrogens is 3. The van der Waals surface area contributed by atoms with Crippen LogP contribution in [0.5, 0.6) is 0 Å². The molecular weight excluding hydrogens is 276 g/mol. The topological polar surface area (TPSA) is 52.0 Å². The molecule has 1 aliphatic carbocycles. The zero-order chi connectivity index (χ0) is 15.9. The molecular formula is C17H30N4O. The summed E-state index contributed by atoms with van der Waals surface area (Å²) in [6.07, 6.45) is 3.81. The first kappa shape index (κ1) is 15.9. The van der Waals surface area contributed by atoms with Gasteiger partial charge >= 0.3 is 0 Å². The molecule has 5 nitrogen and oxygen atoms in total. The second kappa shape index (κ2) is 5.93. The maximum atomic E-state index is 5.84. The lowest BCUT2D eigenvalue weighted by Crippen LogP contribution is -2.61. The van der Waals surface area contributed by atoms with E-state index in [0.717, 1.165) is 37.6 Å². The van der Waals surface area contributed by atoms with E-state index in [-0.39, 0.29) is 5.41 Å². The average molecular weight is 306 g/mol. The molecule has 0 saturated heterocycles. The highest BCUT2D eigenvalue weighted by Crippen LogP contribution is 2.44. The largest absolute Gasteiger partial charge is 0.378 e. The van der Waals surface area contributed by atoms with Crippen molar-refractivity contribution in [3.63, 3.8) is 0 Å². The molecule has 1 aromatic rings. The van der Waals surface area contributed by atoms with Crippen molar-refractivity contribution in [3.8, 4) is 0 Å². The van der Waals surface area contributed by atoms with Crippen LogP contribution in [0.25, 0.3) is 0 Å². The summed E-state index contributed by atoms with van der Waals surface area (Å²) in [7, 11) is 0. The van der Waals surface area contributed by atoms with Gasteiger partial charge in [0.25, 0.3) is 0 Å². The number of rotatable bonds is 5. The number of nitrogens with one attached hydrogen (secondary N) is 1. The van der Waals surface area contributed by atoms with Crippen LogP contribution in [0, 0.1) is 5.41 Å². The van der Waals surface area contributed by atoms with E-state index in [9.17, 15) is 0 Å². The molecule has 0 amide bonds. The minimum Gasteiger partial charge on any atom is -0.378 e. The predicted octanol–water partition coefficient (Wildman–Crippen LogP) is 3.03. The summed E-state index contributed by atoms with van der Waals surface area (Å²) in [5.74, 6) is 2.50. The first-order valence-electron chi connectivity index (χ1n) is 8.75. The minimum atomic E-state index is 0.194. The molecule has 3 atom stereocenters. The van der Waals surface area contributed by atoms with Crippen molar-refractivity contribution in [3.05, 3.63) is 11.6 Å². The van der Waals surface area contributed by atoms with Crippen molar-refractivity contribution in [2.45, 2.75) is 84.5 Å². The SMILES string of the molecule is CCOC1CC(NC2CCCn3nc(C(C)C)nc32)C1(C)C. The van der Waals surface area contributed by atoms with E-state index >= 15 is 0 Å². The van der Waals surface area contributed by atoms with Crippen LogP contribution >= 0.6 is 0 Å². The van der Waals surface area contributed by atoms with Gasteiger partial charge in [0.1, 0.15) is 5.82 Å². The molecule has 0 spiro atoms. The Bertz CT molecular complexity index is 523. The summed E-state index contributed by atoms with van der Waals surface area (Å²) in [5, 5.41) is 8.51. The molecule has 2 heterocycles. The van der Waals surface area contributed by atoms with Gasteiger partial charge in [-0.2, -0.15) is 5.10 Å². The van der Waals surface area contributed by atoms with E-state index in [0.29, 0.717) is 24.1 Å². The molecule has 3 unspecified atom stereocenters. The van der Waals surface area contributed by atoms with Crippen LogP contribution in [-0.4, -0.2) is 33.5 Å². The van der Waals surface area contributed by atoms with E-state index in [1.807, 2.05) is 0 Å². The molecule has 1 fully saturated rings. The minimum absolute atomic E-state index is 0.194. The van der Waals surface area contributed by atoms with Crippen molar-refractivity contribution in [1.29, 1.82) is 0 Å². The Hall–Kier alpha value is -0.940. The fraction of sp³-hybridized carbons (Fsp3) is 0.882. The van der Waals surface area contributed by atoms with Gasteiger partial charge in [0.2, 0.25) is 0 Å². The van der Waals surface area contributed by atoms with Gasteiger partial charge < -0.3 is 10.1 Å². The Morgan fingerprint density at radius 2 is 2.18 bits per heavy atom. The van der Waals surface area contributed by atoms with Crippen LogP contribution in [-0.2, 0) is 11.3 Å². The highest BCUT2D eigenvalue weighted by molar-refractivity contribution is 5.09. The van der Waals surface area contributed by atoms with E-state index in [4.69, 9.17) is 9.72 Å². The highest BCUT2D eigenvalue weighted by atomic mass is 16.5. The number of fused-ring (bicyclic) bond motifs is 1. The number of hydrogen-bond donors (Lipinski definition) is 1. The molecule has 1 aromatic heterocycles. The van der Waals surface area contributed by atoms with Gasteiger partial charge in [-0.25, -0.2) is 9.67 Å². The summed E-state index contributed by atoms with van der Waals surface area (Å²) in [6.45, 7) is 12.8. The lowest BCUT2D eigenvalue weighted by molar-refractivity contribution is -0.117. The number of nitrogens with zero attached hydrogens (tertiary/aromatic N) is 3. The first-order chi connectivity index (χ1) is 10.4. The summed E-state index contributed by atoms with van der Waals surface area (Å²) in [6, 6.07) is 0.834. The van der Waals surface area contributed by atoms with E-state index in [1.165, 1.54) is 6.42 Å². The molecule has 0 bridgehead atoms. The zero-order valence-electron chi connectivity index (χ0n) is 14.6. The van der Waals surface area contributed by atoms with Crippen LogP contribution in [0.4, 0.5) is 0 Å². The van der Waals surface area contributed by atoms with Crippen LogP contribution in [0.3, 0.4) is 0 Å². The molecule has 0 radical (unpaired) electrons. The fourth-order valence-corrected chi connectivity index (χ4v) is 3.67. The van der Waals surface area contributed by atoms with Gasteiger partial charge in [-0.3, -0.25) is 0 Å². The third-order valence-corrected chi connectivity index (χ3v) is 5.36. The predicted molar refractivity (Wildman–Crippen MR) is 86.8 cm³/mol. The standard InChI is InChI=1S/C17H30N4O/c1-6-22-14-10-13(17(14,4)5)18-12-8-7-9-21-16(12)19-15(20-21)11(2)3/h11-14,18H,6-10H2,1-5H3. The van der Waals surface area contributed by atoms with Gasteiger partial charge in [-0.05, 0) is 26.2 Å². The van der Waals surface area contributed by atoms with Crippen LogP contribution in [0.2, 0.25) is 0 Å². The monoisotopic (exact) mass is 306 g/mol. The van der Waals surface area contributed by atoms with Crippen molar-refractivity contribution in [2.75, 3.05) is 6.61 Å². The molecule has 5 heteroatoms. The average Bonchev–Trinajstić information content (AvgIpc) is 2.91. The second-order valence-electron chi connectivity index (χ2n) is 7.62. The van der Waals surface area contributed by atoms with Gasteiger partial charge in [0.15, 0.2) is 5.82 Å². The molecule has 0 aromatic carbocycles. The first-order valence-corrected chi connectivity index (χ1v) is 8.75. The van der Waals surface area contributed by atoms with E-state index in [1.54, 1.807) is 0 Å². The summed E-state index contributed by atoms with van der Waals surface area (Å²) < 4.78 is 7.96. The third-order valence-electron chi connectivity index (χ3n) is 5.36. The normalized spacial score (nSPS) is 30.2. The quantitative estimate of drug-likeness (QED) is 0.908. The highest BCUT2D eigenvalue weighted by Gasteiger charge is 2.49. The summed E-state index contributed by atoms with van der Waals surface area (Å²) in [4.78, 5) is 4.80. The van der Waals surface area contributed by atoms with E-state index < -0.39 is 0 Å². The fourth-order valence-electron chi connectivity index (χ4n) is 3.67. The molecule has 2 aliphatic rings. The molecule has 124 valence electrons. The van der Waals surface area contributed by atoms with Crippen LogP contribution in [0.15, 0.2) is 0 Å². The molecule has 1 aliphatic heterocycles. The Morgan fingerprint density at radius 1 is 1.41 bits per heavy atom. The lowest BCUT2D eigenvalue weighted by atomic mass is 9.64. The Balaban J connectivity index is 1.70. The van der Waals surface area contributed by atoms with Crippen molar-refractivity contribution in [2.24, 2.45) is 5.41 Å². The zero-order valence-corrected chi connectivity index (χ0v) is 14.6.